The van der Waals surface area contributed by atoms with Crippen LogP contribution in [-0.4, -0.2) is 61.3 Å². The predicted molar refractivity (Wildman–Crippen MR) is 120 cm³/mol. The summed E-state index contributed by atoms with van der Waals surface area (Å²) < 4.78 is 6.25. The number of piperidine rings is 2. The van der Waals surface area contributed by atoms with Gasteiger partial charge in [-0.2, -0.15) is 5.48 Å². The Kier molecular flexibility index (Phi) is 7.49. The van der Waals surface area contributed by atoms with Crippen LogP contribution in [-0.2, 0) is 14.4 Å². The molecule has 2 saturated carbocycles. The van der Waals surface area contributed by atoms with Crippen LogP contribution < -0.4 is 10.8 Å². The summed E-state index contributed by atoms with van der Waals surface area (Å²) >= 11 is 0. The highest BCUT2D eigenvalue weighted by Crippen LogP contribution is 2.36. The zero-order valence-corrected chi connectivity index (χ0v) is 19.2. The number of likely N-dealkylation sites (tertiary alicyclic amines) is 1. The Hall–Kier alpha value is -0.690. The number of fused-ring (bicyclic) bond motifs is 1. The third kappa shape index (κ3) is 5.45. The molecule has 5 unspecified atom stereocenters. The fourth-order valence-electron chi connectivity index (χ4n) is 7.06. The van der Waals surface area contributed by atoms with Gasteiger partial charge in [-0.15, -0.1) is 0 Å². The van der Waals surface area contributed by atoms with E-state index in [2.05, 4.69) is 15.7 Å². The van der Waals surface area contributed by atoms with Crippen LogP contribution in [0.15, 0.2) is 0 Å². The average molecular weight is 434 g/mol. The van der Waals surface area contributed by atoms with Crippen molar-refractivity contribution in [3.63, 3.8) is 0 Å². The number of hydrogen-bond acceptors (Lipinski definition) is 5. The van der Waals surface area contributed by atoms with Crippen molar-refractivity contribution < 1.29 is 14.4 Å². The molecule has 0 bridgehead atoms. The van der Waals surface area contributed by atoms with Gasteiger partial charge < -0.3 is 15.0 Å². The lowest BCUT2D eigenvalue weighted by Crippen LogP contribution is -2.47. The van der Waals surface area contributed by atoms with Crippen LogP contribution in [0.2, 0.25) is 0 Å². The molecule has 5 aliphatic rings. The fraction of sp³-hybridized carbons (Fsp3) is 0.960. The molecule has 0 aromatic rings. The number of rotatable bonds is 5. The number of carbonyl (C=O) groups excluding carboxylic acids is 1. The van der Waals surface area contributed by atoms with E-state index in [-0.39, 0.29) is 18.1 Å². The van der Waals surface area contributed by atoms with Gasteiger partial charge in [0.15, 0.2) is 0 Å². The third-order valence-corrected chi connectivity index (χ3v) is 8.95. The van der Waals surface area contributed by atoms with E-state index in [0.717, 1.165) is 43.7 Å². The van der Waals surface area contributed by atoms with E-state index >= 15 is 0 Å². The summed E-state index contributed by atoms with van der Waals surface area (Å²) in [6, 6.07) is 0.514. The molecule has 0 radical (unpaired) electrons. The van der Waals surface area contributed by atoms with E-state index in [1.165, 1.54) is 77.2 Å². The van der Waals surface area contributed by atoms with Crippen LogP contribution >= 0.6 is 0 Å². The minimum atomic E-state index is -0.196. The first-order valence-corrected chi connectivity index (χ1v) is 13.3. The van der Waals surface area contributed by atoms with Crippen LogP contribution in [0.4, 0.5) is 0 Å². The molecule has 6 nitrogen and oxygen atoms in total. The second-order valence-electron chi connectivity index (χ2n) is 10.9. The van der Waals surface area contributed by atoms with Crippen LogP contribution in [0.1, 0.15) is 83.5 Å². The first kappa shape index (κ1) is 22.1. The van der Waals surface area contributed by atoms with Gasteiger partial charge in [-0.25, -0.2) is 0 Å². The predicted octanol–water partition coefficient (Wildman–Crippen LogP) is 3.40. The molecule has 5 rings (SSSR count). The van der Waals surface area contributed by atoms with E-state index < -0.39 is 0 Å². The first-order valence-electron chi connectivity index (χ1n) is 13.3. The highest BCUT2D eigenvalue weighted by Gasteiger charge is 2.37. The molecule has 3 heterocycles. The molecule has 31 heavy (non-hydrogen) atoms. The maximum absolute atomic E-state index is 13.0. The van der Waals surface area contributed by atoms with Crippen LogP contribution in [0.25, 0.3) is 0 Å². The lowest BCUT2D eigenvalue weighted by Gasteiger charge is -2.39. The Morgan fingerprint density at radius 2 is 1.65 bits per heavy atom. The summed E-state index contributed by atoms with van der Waals surface area (Å²) in [5, 5.41) is 3.68. The summed E-state index contributed by atoms with van der Waals surface area (Å²) in [4.78, 5) is 20.9. The van der Waals surface area contributed by atoms with E-state index in [4.69, 9.17) is 9.57 Å². The normalized spacial score (nSPS) is 38.2. The van der Waals surface area contributed by atoms with Crippen molar-refractivity contribution >= 4 is 5.91 Å². The molecule has 0 aromatic carbocycles. The Morgan fingerprint density at radius 1 is 0.871 bits per heavy atom. The number of amides is 1. The molecular formula is C25H43N3O3. The maximum Gasteiger partial charge on any atom is 0.242 e. The molecule has 0 spiro atoms. The van der Waals surface area contributed by atoms with Gasteiger partial charge in [-0.3, -0.25) is 9.63 Å². The summed E-state index contributed by atoms with van der Waals surface area (Å²) in [6.45, 7) is 3.65. The number of carbonyl (C=O) groups is 1. The standard InChI is InChI=1S/C25H43N3O3/c29-25(28-13-10-19(11-14-28)18-5-2-1-3-6-18)24-16-22(31-27-24)17-30-21-8-9-23-20(15-21)7-4-12-26-23/h18-24,26-27H,1-17H2. The lowest BCUT2D eigenvalue weighted by molar-refractivity contribution is -0.136. The minimum absolute atomic E-state index is 0.00377. The van der Waals surface area contributed by atoms with Crippen LogP contribution in [0.5, 0.6) is 0 Å². The summed E-state index contributed by atoms with van der Waals surface area (Å²) in [5.41, 5.74) is 3.03. The van der Waals surface area contributed by atoms with E-state index in [1.807, 2.05) is 0 Å². The molecule has 0 aromatic heterocycles. The molecule has 6 heteroatoms. The van der Waals surface area contributed by atoms with Crippen molar-refractivity contribution in [2.24, 2.45) is 17.8 Å². The number of nitrogens with one attached hydrogen (secondary N) is 2. The van der Waals surface area contributed by atoms with Crippen molar-refractivity contribution in [1.82, 2.24) is 15.7 Å². The first-order chi connectivity index (χ1) is 15.3. The number of hydrogen-bond donors (Lipinski definition) is 2. The maximum atomic E-state index is 13.0. The van der Waals surface area contributed by atoms with Crippen molar-refractivity contribution in [2.75, 3.05) is 26.2 Å². The molecule has 2 N–H and O–H groups in total. The van der Waals surface area contributed by atoms with Crippen molar-refractivity contribution in [3.8, 4) is 0 Å². The SMILES string of the molecule is O=C(C1CC(COC2CCC3NCCCC3C2)ON1)N1CCC(C2CCCCC2)CC1. The molecular weight excluding hydrogens is 390 g/mol. The van der Waals surface area contributed by atoms with Gasteiger partial charge in [0.25, 0.3) is 0 Å². The zero-order chi connectivity index (χ0) is 21.0. The van der Waals surface area contributed by atoms with Crippen LogP contribution in [0, 0.1) is 17.8 Å². The molecule has 5 fully saturated rings. The number of ether oxygens (including phenoxy) is 1. The van der Waals surface area contributed by atoms with Crippen molar-refractivity contribution in [1.29, 1.82) is 0 Å². The Bertz CT molecular complexity index is 589. The van der Waals surface area contributed by atoms with E-state index in [9.17, 15) is 4.79 Å². The highest BCUT2D eigenvalue weighted by atomic mass is 16.7. The van der Waals surface area contributed by atoms with Gasteiger partial charge in [-0.05, 0) is 69.2 Å². The quantitative estimate of drug-likeness (QED) is 0.696. The minimum Gasteiger partial charge on any atom is -0.375 e. The zero-order valence-electron chi connectivity index (χ0n) is 19.2. The molecule has 5 atom stereocenters. The fourth-order valence-corrected chi connectivity index (χ4v) is 7.06. The van der Waals surface area contributed by atoms with Gasteiger partial charge in [0.05, 0.1) is 12.7 Å². The second-order valence-corrected chi connectivity index (χ2v) is 10.9. The van der Waals surface area contributed by atoms with E-state index in [1.54, 1.807) is 0 Å². The van der Waals surface area contributed by atoms with Crippen LogP contribution in [0.3, 0.4) is 0 Å². The molecule has 1 amide bonds. The Morgan fingerprint density at radius 3 is 2.48 bits per heavy atom. The van der Waals surface area contributed by atoms with Crippen molar-refractivity contribution in [3.05, 3.63) is 0 Å². The topological polar surface area (TPSA) is 62.8 Å². The van der Waals surface area contributed by atoms with Gasteiger partial charge in [0.1, 0.15) is 12.1 Å². The highest BCUT2D eigenvalue weighted by molar-refractivity contribution is 5.82. The summed E-state index contributed by atoms with van der Waals surface area (Å²) in [6.07, 6.45) is 16.7. The Labute approximate surface area is 188 Å². The van der Waals surface area contributed by atoms with E-state index in [0.29, 0.717) is 18.8 Å². The third-order valence-electron chi connectivity index (χ3n) is 8.95. The van der Waals surface area contributed by atoms with Gasteiger partial charge in [0, 0.05) is 25.6 Å². The smallest absolute Gasteiger partial charge is 0.242 e. The van der Waals surface area contributed by atoms with Crippen molar-refractivity contribution in [2.45, 2.75) is 108 Å². The van der Waals surface area contributed by atoms with Gasteiger partial charge in [0.2, 0.25) is 5.91 Å². The Balaban J connectivity index is 1.01. The number of hydroxylamine groups is 1. The lowest BCUT2D eigenvalue weighted by atomic mass is 9.76. The summed E-state index contributed by atoms with van der Waals surface area (Å²) in [5.74, 6) is 2.77. The van der Waals surface area contributed by atoms with Gasteiger partial charge in [-0.1, -0.05) is 32.1 Å². The average Bonchev–Trinajstić information content (AvgIpc) is 3.32. The molecule has 3 aliphatic heterocycles. The monoisotopic (exact) mass is 433 g/mol. The molecule has 2 aliphatic carbocycles. The summed E-state index contributed by atoms with van der Waals surface area (Å²) in [7, 11) is 0. The van der Waals surface area contributed by atoms with Gasteiger partial charge >= 0.3 is 0 Å². The largest absolute Gasteiger partial charge is 0.375 e. The molecule has 176 valence electrons. The molecule has 3 saturated heterocycles. The number of nitrogens with zero attached hydrogens (tertiary/aromatic N) is 1. The second kappa shape index (κ2) is 10.5.